The summed E-state index contributed by atoms with van der Waals surface area (Å²) in [6.07, 6.45) is 4.40. The van der Waals surface area contributed by atoms with Crippen molar-refractivity contribution in [1.29, 1.82) is 0 Å². The van der Waals surface area contributed by atoms with Gasteiger partial charge in [0.15, 0.2) is 0 Å². The Morgan fingerprint density at radius 1 is 1.05 bits per heavy atom. The summed E-state index contributed by atoms with van der Waals surface area (Å²) in [5.41, 5.74) is 1.08. The smallest absolute Gasteiger partial charge is 0.243 e. The summed E-state index contributed by atoms with van der Waals surface area (Å²) in [6.45, 7) is 7.98. The van der Waals surface area contributed by atoms with Gasteiger partial charge in [-0.3, -0.25) is 14.4 Å². The molecule has 0 radical (unpaired) electrons. The molecular formula is C28H40N6O3. The second kappa shape index (κ2) is 12.3. The van der Waals surface area contributed by atoms with E-state index in [1.807, 2.05) is 60.7 Å². The van der Waals surface area contributed by atoms with Gasteiger partial charge in [-0.05, 0) is 50.5 Å². The Morgan fingerprint density at radius 3 is 2.59 bits per heavy atom. The van der Waals surface area contributed by atoms with Crippen LogP contribution in [0.15, 0.2) is 30.3 Å². The number of piperidine rings is 1. The van der Waals surface area contributed by atoms with Gasteiger partial charge in [0.05, 0.1) is 12.6 Å². The van der Waals surface area contributed by atoms with E-state index in [0.29, 0.717) is 69.9 Å². The van der Waals surface area contributed by atoms with Crippen LogP contribution in [0, 0.1) is 12.8 Å². The minimum Gasteiger partial charge on any atom is -0.344 e. The van der Waals surface area contributed by atoms with Crippen molar-refractivity contribution in [1.82, 2.24) is 29.9 Å². The standard InChI is InChI=1S/C28H40N6O3/c1-20(2)18-26(36)32-14-9-13-25(35)33-15-8-7-12-24(33)28(37)30-23(19-22-10-5-4-6-11-22)27-29-21(3)31-34(27)17-16-32/h4-6,10-11,20,23-24H,7-9,12-19H2,1-3H3,(H,30,37)/t23-,24+/m1/s1. The SMILES string of the molecule is Cc1nc2n(n1)CCN(C(=O)CC(C)C)CCCC(=O)N1CCCC[C@H]1C(=O)N[C@@H]2Cc1ccccc1. The third kappa shape index (κ3) is 6.96. The molecule has 1 N–H and O–H groups in total. The molecule has 2 atom stereocenters. The monoisotopic (exact) mass is 508 g/mol. The van der Waals surface area contributed by atoms with Gasteiger partial charge in [0.25, 0.3) is 0 Å². The van der Waals surface area contributed by atoms with Gasteiger partial charge >= 0.3 is 0 Å². The number of aromatic nitrogens is 3. The van der Waals surface area contributed by atoms with Crippen molar-refractivity contribution in [3.8, 4) is 0 Å². The van der Waals surface area contributed by atoms with E-state index in [1.54, 1.807) is 4.90 Å². The summed E-state index contributed by atoms with van der Waals surface area (Å²) >= 11 is 0. The largest absolute Gasteiger partial charge is 0.344 e. The number of hydrogen-bond acceptors (Lipinski definition) is 5. The normalized spacial score (nSPS) is 21.7. The molecule has 1 aromatic carbocycles. The van der Waals surface area contributed by atoms with Crippen molar-refractivity contribution in [3.63, 3.8) is 0 Å². The summed E-state index contributed by atoms with van der Waals surface area (Å²) in [6, 6.07) is 9.11. The molecule has 9 nitrogen and oxygen atoms in total. The van der Waals surface area contributed by atoms with Crippen molar-refractivity contribution < 1.29 is 14.4 Å². The van der Waals surface area contributed by atoms with Crippen LogP contribution in [0.2, 0.25) is 0 Å². The molecule has 37 heavy (non-hydrogen) atoms. The third-order valence-corrected chi connectivity index (χ3v) is 7.18. The van der Waals surface area contributed by atoms with E-state index in [0.717, 1.165) is 18.4 Å². The molecular weight excluding hydrogens is 468 g/mol. The van der Waals surface area contributed by atoms with Gasteiger partial charge in [-0.25, -0.2) is 9.67 Å². The van der Waals surface area contributed by atoms with E-state index >= 15 is 0 Å². The topological polar surface area (TPSA) is 100 Å². The highest BCUT2D eigenvalue weighted by atomic mass is 16.2. The quantitative estimate of drug-likeness (QED) is 0.684. The van der Waals surface area contributed by atoms with Gasteiger partial charge in [-0.2, -0.15) is 5.10 Å². The lowest BCUT2D eigenvalue weighted by atomic mass is 9.99. The summed E-state index contributed by atoms with van der Waals surface area (Å²) in [5, 5.41) is 7.87. The van der Waals surface area contributed by atoms with E-state index < -0.39 is 12.1 Å². The fourth-order valence-electron chi connectivity index (χ4n) is 5.34. The van der Waals surface area contributed by atoms with Crippen molar-refractivity contribution in [2.75, 3.05) is 19.6 Å². The summed E-state index contributed by atoms with van der Waals surface area (Å²) in [4.78, 5) is 48.2. The fraction of sp³-hybridized carbons (Fsp3) is 0.607. The number of amides is 3. The molecule has 2 aromatic rings. The first-order valence-electron chi connectivity index (χ1n) is 13.6. The third-order valence-electron chi connectivity index (χ3n) is 7.18. The van der Waals surface area contributed by atoms with Crippen LogP contribution >= 0.6 is 0 Å². The van der Waals surface area contributed by atoms with E-state index in [9.17, 15) is 14.4 Å². The number of rotatable bonds is 4. The van der Waals surface area contributed by atoms with Gasteiger partial charge < -0.3 is 15.1 Å². The van der Waals surface area contributed by atoms with Gasteiger partial charge in [0, 0.05) is 32.5 Å². The van der Waals surface area contributed by atoms with Crippen molar-refractivity contribution >= 4 is 17.7 Å². The molecule has 0 spiro atoms. The second-order valence-electron chi connectivity index (χ2n) is 10.7. The van der Waals surface area contributed by atoms with Gasteiger partial charge in [-0.1, -0.05) is 44.2 Å². The van der Waals surface area contributed by atoms with Gasteiger partial charge in [0.1, 0.15) is 17.7 Å². The molecule has 0 saturated carbocycles. The van der Waals surface area contributed by atoms with Crippen LogP contribution in [0.3, 0.4) is 0 Å². The molecule has 1 saturated heterocycles. The zero-order valence-electron chi connectivity index (χ0n) is 22.4. The Hall–Kier alpha value is -3.23. The Balaban J connectivity index is 1.68. The first-order chi connectivity index (χ1) is 17.8. The maximum absolute atomic E-state index is 13.6. The summed E-state index contributed by atoms with van der Waals surface area (Å²) in [7, 11) is 0. The van der Waals surface area contributed by atoms with E-state index in [-0.39, 0.29) is 23.6 Å². The molecule has 1 aromatic heterocycles. The van der Waals surface area contributed by atoms with E-state index in [4.69, 9.17) is 4.98 Å². The number of carbonyl (C=O) groups is 3. The minimum absolute atomic E-state index is 0.00760. The highest BCUT2D eigenvalue weighted by Gasteiger charge is 2.34. The van der Waals surface area contributed by atoms with Crippen LogP contribution < -0.4 is 5.32 Å². The molecule has 1 fully saturated rings. The minimum atomic E-state index is -0.487. The second-order valence-corrected chi connectivity index (χ2v) is 10.7. The number of nitrogens with one attached hydrogen (secondary N) is 1. The maximum atomic E-state index is 13.6. The predicted octanol–water partition coefficient (Wildman–Crippen LogP) is 3.04. The molecule has 4 rings (SSSR count). The molecule has 3 heterocycles. The Bertz CT molecular complexity index is 1080. The van der Waals surface area contributed by atoms with Crippen LogP contribution in [-0.4, -0.2) is 68.0 Å². The van der Waals surface area contributed by atoms with Crippen LogP contribution in [0.4, 0.5) is 0 Å². The van der Waals surface area contributed by atoms with E-state index in [1.165, 1.54) is 0 Å². The van der Waals surface area contributed by atoms with Crippen LogP contribution in [-0.2, 0) is 27.3 Å². The first-order valence-corrected chi connectivity index (χ1v) is 13.6. The number of benzene rings is 1. The zero-order chi connectivity index (χ0) is 26.4. The summed E-state index contributed by atoms with van der Waals surface area (Å²) in [5.74, 6) is 1.51. The lowest BCUT2D eigenvalue weighted by molar-refractivity contribution is -0.143. The van der Waals surface area contributed by atoms with Gasteiger partial charge in [-0.15, -0.1) is 0 Å². The first kappa shape index (κ1) is 26.8. The average molecular weight is 509 g/mol. The molecule has 200 valence electrons. The molecule has 9 heteroatoms. The molecule has 3 amide bonds. The number of aryl methyl sites for hydroxylation is 1. The van der Waals surface area contributed by atoms with E-state index in [2.05, 4.69) is 10.4 Å². The number of fused-ring (bicyclic) bond motifs is 2. The Morgan fingerprint density at radius 2 is 1.84 bits per heavy atom. The highest BCUT2D eigenvalue weighted by Crippen LogP contribution is 2.23. The highest BCUT2D eigenvalue weighted by molar-refractivity contribution is 5.88. The zero-order valence-corrected chi connectivity index (χ0v) is 22.4. The number of nitrogens with zero attached hydrogens (tertiary/aromatic N) is 5. The lowest BCUT2D eigenvalue weighted by Gasteiger charge is -2.36. The van der Waals surface area contributed by atoms with Crippen LogP contribution in [0.1, 0.15) is 75.6 Å². The summed E-state index contributed by atoms with van der Waals surface area (Å²) < 4.78 is 1.84. The molecule has 0 unspecified atom stereocenters. The van der Waals surface area contributed by atoms with Crippen molar-refractivity contribution in [3.05, 3.63) is 47.5 Å². The average Bonchev–Trinajstić information content (AvgIpc) is 3.25. The Kier molecular flexibility index (Phi) is 8.95. The maximum Gasteiger partial charge on any atom is 0.243 e. The number of hydrogen-bond donors (Lipinski definition) is 1. The number of carbonyl (C=O) groups excluding carboxylic acids is 3. The van der Waals surface area contributed by atoms with Crippen molar-refractivity contribution in [2.24, 2.45) is 5.92 Å². The fourth-order valence-corrected chi connectivity index (χ4v) is 5.34. The lowest BCUT2D eigenvalue weighted by Crippen LogP contribution is -2.53. The molecule has 0 aliphatic carbocycles. The predicted molar refractivity (Wildman–Crippen MR) is 140 cm³/mol. The van der Waals surface area contributed by atoms with Crippen LogP contribution in [0.5, 0.6) is 0 Å². The van der Waals surface area contributed by atoms with Crippen molar-refractivity contribution in [2.45, 2.75) is 84.3 Å². The molecule has 2 aliphatic heterocycles. The van der Waals surface area contributed by atoms with Gasteiger partial charge in [0.2, 0.25) is 17.7 Å². The molecule has 0 bridgehead atoms. The van der Waals surface area contributed by atoms with Crippen LogP contribution in [0.25, 0.3) is 0 Å². The Labute approximate surface area is 219 Å². The molecule has 2 aliphatic rings.